The van der Waals surface area contributed by atoms with Crippen molar-refractivity contribution in [2.45, 2.75) is 0 Å². The number of benzene rings is 8. The van der Waals surface area contributed by atoms with E-state index >= 15 is 0 Å². The number of hydrogen-bond donors (Lipinski definition) is 0. The van der Waals surface area contributed by atoms with Crippen molar-refractivity contribution in [3.8, 4) is 67.5 Å². The van der Waals surface area contributed by atoms with E-state index in [9.17, 15) is 0 Å². The number of nitrogens with zero attached hydrogens (tertiary/aromatic N) is 3. The minimum Gasteiger partial charge on any atom is -0.208 e. The lowest BCUT2D eigenvalue weighted by Crippen LogP contribution is -2.00. The van der Waals surface area contributed by atoms with Gasteiger partial charge in [-0.3, -0.25) is 0 Å². The Hall–Kier alpha value is -6.49. The molecule has 0 fully saturated rings. The van der Waals surface area contributed by atoms with Crippen LogP contribution in [0.15, 0.2) is 164 Å². The van der Waals surface area contributed by atoms with Gasteiger partial charge in [0.2, 0.25) is 0 Å². The zero-order valence-corrected chi connectivity index (χ0v) is 28.2. The molecule has 1 aliphatic rings. The van der Waals surface area contributed by atoms with E-state index in [0.29, 0.717) is 17.5 Å². The number of thiophene rings is 1. The molecule has 0 unspecified atom stereocenters. The Bertz CT molecular complexity index is 2960. The van der Waals surface area contributed by atoms with Crippen molar-refractivity contribution >= 4 is 53.1 Å². The van der Waals surface area contributed by atoms with Gasteiger partial charge in [-0.15, -0.1) is 11.3 Å². The Morgan fingerprint density at radius 2 is 0.843 bits per heavy atom. The summed E-state index contributed by atoms with van der Waals surface area (Å²) in [5.41, 5.74) is 10.7. The summed E-state index contributed by atoms with van der Waals surface area (Å²) in [5.74, 6) is 1.98. The number of fused-ring (bicyclic) bond motifs is 7. The molecule has 0 spiro atoms. The lowest BCUT2D eigenvalue weighted by Gasteiger charge is -2.14. The molecule has 2 aromatic heterocycles. The van der Waals surface area contributed by atoms with Crippen LogP contribution in [0.2, 0.25) is 0 Å². The lowest BCUT2D eigenvalue weighted by molar-refractivity contribution is 1.08. The predicted molar refractivity (Wildman–Crippen MR) is 214 cm³/mol. The van der Waals surface area contributed by atoms with Crippen LogP contribution >= 0.6 is 11.3 Å². The molecule has 0 bridgehead atoms. The Labute approximate surface area is 298 Å². The van der Waals surface area contributed by atoms with Crippen LogP contribution in [0.4, 0.5) is 0 Å². The van der Waals surface area contributed by atoms with Crippen molar-refractivity contribution in [2.75, 3.05) is 0 Å². The molecule has 8 aromatic carbocycles. The second kappa shape index (κ2) is 11.0. The summed E-state index contributed by atoms with van der Waals surface area (Å²) in [5, 5.41) is 7.55. The number of hydrogen-bond acceptors (Lipinski definition) is 4. The standard InChI is InChI=1S/C47H27N3S/c1-3-12-29(13-4-1)45-48-46(30-14-5-2-6-15-30)50-47(49-45)37-25-24-33(31-18-7-8-19-32(31)37)34-22-11-23-41-44(34)40-26-38-35-20-9-16-28-17-10-21-36(43(28)35)39(38)27-42(40)51-41/h1-27H. The van der Waals surface area contributed by atoms with E-state index in [4.69, 9.17) is 15.0 Å². The van der Waals surface area contributed by atoms with Gasteiger partial charge >= 0.3 is 0 Å². The molecule has 1 aliphatic carbocycles. The third-order valence-electron chi connectivity index (χ3n) is 10.3. The van der Waals surface area contributed by atoms with Crippen LogP contribution in [0.25, 0.3) is 109 Å². The van der Waals surface area contributed by atoms with Gasteiger partial charge in [-0.1, -0.05) is 140 Å². The molecule has 3 nitrogen and oxygen atoms in total. The molecule has 4 heteroatoms. The van der Waals surface area contributed by atoms with Crippen LogP contribution in [-0.4, -0.2) is 15.0 Å². The second-order valence-corrected chi connectivity index (χ2v) is 14.2. The maximum absolute atomic E-state index is 5.08. The van der Waals surface area contributed by atoms with Crippen molar-refractivity contribution in [2.24, 2.45) is 0 Å². The van der Waals surface area contributed by atoms with Gasteiger partial charge in [0.1, 0.15) is 0 Å². The highest BCUT2D eigenvalue weighted by Gasteiger charge is 2.24. The third kappa shape index (κ3) is 4.33. The van der Waals surface area contributed by atoms with Crippen LogP contribution < -0.4 is 0 Å². The summed E-state index contributed by atoms with van der Waals surface area (Å²) < 4.78 is 2.61. The fraction of sp³-hybridized carbons (Fsp3) is 0. The van der Waals surface area contributed by atoms with E-state index < -0.39 is 0 Å². The van der Waals surface area contributed by atoms with E-state index in [-0.39, 0.29) is 0 Å². The SMILES string of the molecule is c1ccc(-c2nc(-c3ccccc3)nc(-c3ccc(-c4cccc5sc6cc7c(cc6c45)-c4cccc5cccc-7c45)c4ccccc34)n2)cc1. The van der Waals surface area contributed by atoms with E-state index in [1.807, 2.05) is 47.7 Å². The summed E-state index contributed by atoms with van der Waals surface area (Å²) in [7, 11) is 0. The molecular formula is C47H27N3S. The molecule has 10 aromatic rings. The average molecular weight is 666 g/mol. The van der Waals surface area contributed by atoms with Crippen molar-refractivity contribution in [3.63, 3.8) is 0 Å². The van der Waals surface area contributed by atoms with Gasteiger partial charge in [0.25, 0.3) is 0 Å². The molecule has 0 saturated carbocycles. The Morgan fingerprint density at radius 3 is 1.51 bits per heavy atom. The summed E-state index contributed by atoms with van der Waals surface area (Å²) in [6, 6.07) is 58.4. The third-order valence-corrected chi connectivity index (χ3v) is 11.4. The Balaban J connectivity index is 1.13. The first-order valence-corrected chi connectivity index (χ1v) is 18.0. The van der Waals surface area contributed by atoms with Crippen molar-refractivity contribution in [1.82, 2.24) is 15.0 Å². The molecule has 0 radical (unpaired) electrons. The molecule has 0 atom stereocenters. The van der Waals surface area contributed by atoms with E-state index in [0.717, 1.165) is 22.1 Å². The first-order chi connectivity index (χ1) is 25.3. The van der Waals surface area contributed by atoms with Crippen LogP contribution in [0, 0.1) is 0 Å². The normalized spacial score (nSPS) is 11.9. The van der Waals surface area contributed by atoms with Gasteiger partial charge < -0.3 is 0 Å². The molecular weight excluding hydrogens is 639 g/mol. The molecule has 2 heterocycles. The van der Waals surface area contributed by atoms with Gasteiger partial charge in [-0.25, -0.2) is 15.0 Å². The minimum atomic E-state index is 0.660. The largest absolute Gasteiger partial charge is 0.208 e. The monoisotopic (exact) mass is 665 g/mol. The summed E-state index contributed by atoms with van der Waals surface area (Å²) in [4.78, 5) is 15.1. The van der Waals surface area contributed by atoms with Gasteiger partial charge in [-0.2, -0.15) is 0 Å². The first-order valence-electron chi connectivity index (χ1n) is 17.2. The lowest BCUT2D eigenvalue weighted by atomic mass is 9.91. The minimum absolute atomic E-state index is 0.660. The van der Waals surface area contributed by atoms with Crippen LogP contribution in [0.1, 0.15) is 0 Å². The molecule has 0 amide bonds. The van der Waals surface area contributed by atoms with Crippen molar-refractivity contribution in [1.29, 1.82) is 0 Å². The highest BCUT2D eigenvalue weighted by atomic mass is 32.1. The van der Waals surface area contributed by atoms with Gasteiger partial charge in [0, 0.05) is 36.9 Å². The maximum atomic E-state index is 5.08. The zero-order chi connectivity index (χ0) is 33.5. The molecule has 0 saturated heterocycles. The van der Waals surface area contributed by atoms with E-state index in [1.165, 1.54) is 69.7 Å². The molecule has 0 N–H and O–H groups in total. The van der Waals surface area contributed by atoms with Crippen molar-refractivity contribution < 1.29 is 0 Å². The summed E-state index contributed by atoms with van der Waals surface area (Å²) >= 11 is 1.88. The molecule has 0 aliphatic heterocycles. The second-order valence-electron chi connectivity index (χ2n) is 13.1. The quantitative estimate of drug-likeness (QED) is 0.188. The van der Waals surface area contributed by atoms with Gasteiger partial charge in [0.05, 0.1) is 0 Å². The van der Waals surface area contributed by atoms with E-state index in [2.05, 4.69) is 127 Å². The summed E-state index contributed by atoms with van der Waals surface area (Å²) in [6.07, 6.45) is 0. The Kier molecular flexibility index (Phi) is 6.12. The highest BCUT2D eigenvalue weighted by Crippen LogP contribution is 2.51. The Morgan fingerprint density at radius 1 is 0.314 bits per heavy atom. The van der Waals surface area contributed by atoms with Crippen LogP contribution in [-0.2, 0) is 0 Å². The molecule has 51 heavy (non-hydrogen) atoms. The zero-order valence-electron chi connectivity index (χ0n) is 27.3. The maximum Gasteiger partial charge on any atom is 0.164 e. The van der Waals surface area contributed by atoms with Gasteiger partial charge in [-0.05, 0) is 79.2 Å². The molecule has 236 valence electrons. The number of aromatic nitrogens is 3. The fourth-order valence-corrected chi connectivity index (χ4v) is 9.14. The highest BCUT2D eigenvalue weighted by molar-refractivity contribution is 7.26. The van der Waals surface area contributed by atoms with Gasteiger partial charge in [0.15, 0.2) is 17.5 Å². The topological polar surface area (TPSA) is 38.7 Å². The molecule has 11 rings (SSSR count). The average Bonchev–Trinajstić information content (AvgIpc) is 3.73. The number of rotatable bonds is 4. The predicted octanol–water partition coefficient (Wildman–Crippen LogP) is 12.9. The summed E-state index contributed by atoms with van der Waals surface area (Å²) in [6.45, 7) is 0. The smallest absolute Gasteiger partial charge is 0.164 e. The van der Waals surface area contributed by atoms with E-state index in [1.54, 1.807) is 0 Å². The van der Waals surface area contributed by atoms with Crippen LogP contribution in [0.3, 0.4) is 0 Å². The fourth-order valence-electron chi connectivity index (χ4n) is 7.99. The van der Waals surface area contributed by atoms with Crippen molar-refractivity contribution in [3.05, 3.63) is 164 Å². The first kappa shape index (κ1) is 28.4. The van der Waals surface area contributed by atoms with Crippen LogP contribution in [0.5, 0.6) is 0 Å².